The Morgan fingerprint density at radius 2 is 2.00 bits per heavy atom. The maximum Gasteiger partial charge on any atom is 0.277 e. The van der Waals surface area contributed by atoms with Gasteiger partial charge in [-0.1, -0.05) is 30.3 Å². The van der Waals surface area contributed by atoms with Crippen LogP contribution in [0.5, 0.6) is 0 Å². The summed E-state index contributed by atoms with van der Waals surface area (Å²) in [6, 6.07) is 9.03. The van der Waals surface area contributed by atoms with Crippen molar-refractivity contribution in [3.63, 3.8) is 0 Å². The van der Waals surface area contributed by atoms with Crippen LogP contribution in [0.4, 0.5) is 8.78 Å². The minimum Gasteiger partial charge on any atom is -0.349 e. The number of hydrogen-bond acceptors (Lipinski definition) is 3. The van der Waals surface area contributed by atoms with Crippen molar-refractivity contribution >= 4 is 30.1 Å². The van der Waals surface area contributed by atoms with Crippen LogP contribution in [0.15, 0.2) is 30.3 Å². The quantitative estimate of drug-likeness (QED) is 0.847. The third-order valence-corrected chi connectivity index (χ3v) is 3.35. The lowest BCUT2D eigenvalue weighted by molar-refractivity contribution is -0.122. The van der Waals surface area contributed by atoms with Gasteiger partial charge in [-0.05, 0) is 11.8 Å². The molecule has 0 saturated heterocycles. The van der Waals surface area contributed by atoms with Gasteiger partial charge in [-0.2, -0.15) is 0 Å². The van der Waals surface area contributed by atoms with Gasteiger partial charge in [-0.15, -0.1) is 24.2 Å². The molecule has 0 aliphatic rings. The number of halogens is 3. The molecule has 1 atom stereocenters. The Morgan fingerprint density at radius 3 is 2.47 bits per heavy atom. The number of carbonyl (C=O) groups excluding carboxylic acids is 1. The molecule has 0 heterocycles. The number of nitrogens with two attached hydrogens (primary N) is 1. The largest absolute Gasteiger partial charge is 0.349 e. The van der Waals surface area contributed by atoms with Gasteiger partial charge in [-0.3, -0.25) is 4.79 Å². The van der Waals surface area contributed by atoms with E-state index in [0.717, 1.165) is 5.56 Å². The van der Waals surface area contributed by atoms with Crippen LogP contribution in [0.1, 0.15) is 10.8 Å². The van der Waals surface area contributed by atoms with Crippen molar-refractivity contribution in [1.82, 2.24) is 5.32 Å². The highest BCUT2D eigenvalue weighted by atomic mass is 35.5. The van der Waals surface area contributed by atoms with E-state index in [9.17, 15) is 13.6 Å². The highest BCUT2D eigenvalue weighted by Gasteiger charge is 2.29. The van der Waals surface area contributed by atoms with Gasteiger partial charge in [0.05, 0.1) is 13.1 Å². The molecular weight excluding hydrogens is 294 g/mol. The molecule has 0 bridgehead atoms. The molecule has 1 rings (SSSR count). The van der Waals surface area contributed by atoms with Gasteiger partial charge in [0.25, 0.3) is 5.92 Å². The van der Waals surface area contributed by atoms with Gasteiger partial charge in [0.1, 0.15) is 5.25 Å². The fraction of sp³-hybridized carbons (Fsp3) is 0.417. The van der Waals surface area contributed by atoms with E-state index in [-0.39, 0.29) is 12.4 Å². The molecule has 0 aromatic heterocycles. The lowest BCUT2D eigenvalue weighted by atomic mass is 10.1. The maximum absolute atomic E-state index is 12.9. The van der Waals surface area contributed by atoms with E-state index in [1.165, 1.54) is 11.8 Å². The minimum atomic E-state index is -3.06. The Balaban J connectivity index is 0.00000324. The van der Waals surface area contributed by atoms with Crippen molar-refractivity contribution in [3.8, 4) is 0 Å². The second-order valence-electron chi connectivity index (χ2n) is 3.80. The highest BCUT2D eigenvalue weighted by Crippen LogP contribution is 2.26. The first-order valence-corrected chi connectivity index (χ1v) is 6.72. The molecule has 7 heteroatoms. The average Bonchev–Trinajstić information content (AvgIpc) is 2.39. The molecule has 1 unspecified atom stereocenters. The van der Waals surface area contributed by atoms with Crippen molar-refractivity contribution in [1.29, 1.82) is 0 Å². The Bertz CT molecular complexity index is 393. The van der Waals surface area contributed by atoms with Crippen LogP contribution >= 0.6 is 24.2 Å². The summed E-state index contributed by atoms with van der Waals surface area (Å²) < 4.78 is 25.9. The summed E-state index contributed by atoms with van der Waals surface area (Å²) in [4.78, 5) is 11.8. The summed E-state index contributed by atoms with van der Waals surface area (Å²) in [6.45, 7) is -1.51. The number of amides is 1. The van der Waals surface area contributed by atoms with Gasteiger partial charge in [-0.25, -0.2) is 8.78 Å². The molecule has 3 nitrogen and oxygen atoms in total. The van der Waals surface area contributed by atoms with E-state index in [4.69, 9.17) is 5.73 Å². The first kappa shape index (κ1) is 18.1. The van der Waals surface area contributed by atoms with Crippen LogP contribution in [-0.2, 0) is 4.79 Å². The number of thioether (sulfide) groups is 1. The van der Waals surface area contributed by atoms with Crippen molar-refractivity contribution in [3.05, 3.63) is 35.9 Å². The molecule has 0 saturated carbocycles. The molecule has 1 amide bonds. The molecule has 108 valence electrons. The smallest absolute Gasteiger partial charge is 0.277 e. The standard InChI is InChI=1S/C12H16F2N2OS.ClH/c1-18-10(9-5-3-2-4-6-9)11(17)16-8-12(13,14)7-15;/h2-6,10H,7-8,15H2,1H3,(H,16,17);1H. The van der Waals surface area contributed by atoms with Crippen LogP contribution in [0.2, 0.25) is 0 Å². The minimum absolute atomic E-state index is 0. The predicted octanol–water partition coefficient (Wildman–Crippen LogP) is 2.22. The summed E-state index contributed by atoms with van der Waals surface area (Å²) in [5.74, 6) is -3.49. The van der Waals surface area contributed by atoms with Crippen LogP contribution in [0.3, 0.4) is 0 Å². The first-order valence-electron chi connectivity index (χ1n) is 5.43. The predicted molar refractivity (Wildman–Crippen MR) is 77.0 cm³/mol. The van der Waals surface area contributed by atoms with E-state index in [1.54, 1.807) is 30.5 Å². The number of nitrogens with one attached hydrogen (secondary N) is 1. The number of benzene rings is 1. The Kier molecular flexibility index (Phi) is 7.97. The van der Waals surface area contributed by atoms with Gasteiger partial charge in [0, 0.05) is 0 Å². The second kappa shape index (κ2) is 8.35. The monoisotopic (exact) mass is 310 g/mol. The summed E-state index contributed by atoms with van der Waals surface area (Å²) in [7, 11) is 0. The summed E-state index contributed by atoms with van der Waals surface area (Å²) in [6.07, 6.45) is 1.76. The van der Waals surface area contributed by atoms with E-state index in [2.05, 4.69) is 5.32 Å². The Labute approximate surface area is 121 Å². The summed E-state index contributed by atoms with van der Waals surface area (Å²) in [5.41, 5.74) is 5.70. The number of hydrogen-bond donors (Lipinski definition) is 2. The van der Waals surface area contributed by atoms with Gasteiger partial charge < -0.3 is 11.1 Å². The summed E-state index contributed by atoms with van der Waals surface area (Å²) in [5, 5.41) is 1.75. The highest BCUT2D eigenvalue weighted by molar-refractivity contribution is 7.99. The van der Waals surface area contributed by atoms with Crippen LogP contribution < -0.4 is 11.1 Å². The zero-order chi connectivity index (χ0) is 13.6. The molecule has 3 N–H and O–H groups in total. The van der Waals surface area contributed by atoms with E-state index < -0.39 is 30.2 Å². The second-order valence-corrected chi connectivity index (χ2v) is 4.75. The van der Waals surface area contributed by atoms with Crippen LogP contribution in [0.25, 0.3) is 0 Å². The van der Waals surface area contributed by atoms with Crippen molar-refractivity contribution in [2.75, 3.05) is 19.3 Å². The number of rotatable bonds is 6. The first-order chi connectivity index (χ1) is 8.50. The molecule has 0 aliphatic carbocycles. The number of carbonyl (C=O) groups is 1. The van der Waals surface area contributed by atoms with Gasteiger partial charge in [0.2, 0.25) is 5.91 Å². The van der Waals surface area contributed by atoms with E-state index in [0.29, 0.717) is 0 Å². The fourth-order valence-electron chi connectivity index (χ4n) is 1.40. The van der Waals surface area contributed by atoms with E-state index >= 15 is 0 Å². The van der Waals surface area contributed by atoms with Gasteiger partial charge in [0.15, 0.2) is 0 Å². The zero-order valence-electron chi connectivity index (χ0n) is 10.4. The lowest BCUT2D eigenvalue weighted by Gasteiger charge is -2.18. The number of alkyl halides is 2. The Morgan fingerprint density at radius 1 is 1.42 bits per heavy atom. The normalized spacial score (nSPS) is 12.4. The fourth-order valence-corrected chi connectivity index (χ4v) is 2.13. The van der Waals surface area contributed by atoms with Crippen LogP contribution in [0, 0.1) is 0 Å². The Hall–Kier alpha value is -0.850. The van der Waals surface area contributed by atoms with Crippen molar-refractivity contribution < 1.29 is 13.6 Å². The third kappa shape index (κ3) is 5.76. The van der Waals surface area contributed by atoms with Crippen LogP contribution in [-0.4, -0.2) is 31.2 Å². The molecule has 1 aromatic rings. The summed E-state index contributed by atoms with van der Waals surface area (Å²) >= 11 is 1.30. The molecule has 1 aromatic carbocycles. The average molecular weight is 311 g/mol. The third-order valence-electron chi connectivity index (χ3n) is 2.40. The molecular formula is C12H17ClF2N2OS. The molecule has 19 heavy (non-hydrogen) atoms. The molecule has 0 spiro atoms. The van der Waals surface area contributed by atoms with Crippen molar-refractivity contribution in [2.24, 2.45) is 5.73 Å². The SMILES string of the molecule is CSC(C(=O)NCC(F)(F)CN)c1ccccc1.Cl. The molecule has 0 radical (unpaired) electrons. The maximum atomic E-state index is 12.9. The lowest BCUT2D eigenvalue weighted by Crippen LogP contribution is -2.42. The molecule has 0 aliphatic heterocycles. The molecule has 0 fully saturated rings. The van der Waals surface area contributed by atoms with E-state index in [1.807, 2.05) is 6.07 Å². The van der Waals surface area contributed by atoms with Gasteiger partial charge >= 0.3 is 0 Å². The zero-order valence-corrected chi connectivity index (χ0v) is 12.1. The van der Waals surface area contributed by atoms with Crippen molar-refractivity contribution in [2.45, 2.75) is 11.2 Å². The topological polar surface area (TPSA) is 55.1 Å².